The van der Waals surface area contributed by atoms with Gasteiger partial charge in [-0.15, -0.1) is 0 Å². The zero-order valence-corrected chi connectivity index (χ0v) is 7.08. The highest BCUT2D eigenvalue weighted by Gasteiger charge is 2.28. The third-order valence-electron chi connectivity index (χ3n) is 2.27. The Morgan fingerprint density at radius 3 is 2.67 bits per heavy atom. The van der Waals surface area contributed by atoms with Crippen molar-refractivity contribution in [1.29, 1.82) is 0 Å². The van der Waals surface area contributed by atoms with E-state index < -0.39 is 6.09 Å². The van der Waals surface area contributed by atoms with Crippen molar-refractivity contribution in [2.75, 3.05) is 7.11 Å². The number of aldehydes is 1. The second-order valence-electron chi connectivity index (χ2n) is 2.99. The molecule has 1 N–H and O–H groups in total. The van der Waals surface area contributed by atoms with E-state index in [0.717, 1.165) is 25.5 Å². The maximum Gasteiger partial charge on any atom is 0.407 e. The maximum absolute atomic E-state index is 10.7. The molecule has 0 spiro atoms. The van der Waals surface area contributed by atoms with E-state index in [1.54, 1.807) is 0 Å². The van der Waals surface area contributed by atoms with Gasteiger partial charge in [0.25, 0.3) is 0 Å². The van der Waals surface area contributed by atoms with Crippen LogP contribution in [0.3, 0.4) is 0 Å². The number of ether oxygens (including phenoxy) is 1. The Morgan fingerprint density at radius 1 is 1.67 bits per heavy atom. The maximum atomic E-state index is 10.7. The quantitative estimate of drug-likeness (QED) is 0.636. The molecule has 0 bridgehead atoms. The van der Waals surface area contributed by atoms with Gasteiger partial charge in [0.2, 0.25) is 0 Å². The fourth-order valence-electron chi connectivity index (χ4n) is 1.26. The van der Waals surface area contributed by atoms with E-state index >= 15 is 0 Å². The lowest BCUT2D eigenvalue weighted by Gasteiger charge is -2.30. The largest absolute Gasteiger partial charge is 0.453 e. The van der Waals surface area contributed by atoms with Crippen LogP contribution in [0.4, 0.5) is 4.79 Å². The van der Waals surface area contributed by atoms with Gasteiger partial charge in [0, 0.05) is 0 Å². The van der Waals surface area contributed by atoms with E-state index in [9.17, 15) is 9.59 Å². The van der Waals surface area contributed by atoms with Gasteiger partial charge >= 0.3 is 6.09 Å². The lowest BCUT2D eigenvalue weighted by atomic mass is 9.80. The van der Waals surface area contributed by atoms with Gasteiger partial charge in [0.15, 0.2) is 0 Å². The predicted molar refractivity (Wildman–Crippen MR) is 42.7 cm³/mol. The summed E-state index contributed by atoms with van der Waals surface area (Å²) in [7, 11) is 1.29. The Balaban J connectivity index is 2.34. The monoisotopic (exact) mass is 171 g/mol. The second-order valence-corrected chi connectivity index (χ2v) is 2.99. The first-order chi connectivity index (χ1) is 5.77. The minimum atomic E-state index is -0.529. The standard InChI is InChI=1S/C8H13NO3/c1-12-8(11)9-7(5-10)6-3-2-4-6/h5-7H,2-4H2,1H3,(H,9,11). The second kappa shape index (κ2) is 4.09. The van der Waals surface area contributed by atoms with Crippen molar-refractivity contribution in [3.63, 3.8) is 0 Å². The average Bonchev–Trinajstić information content (AvgIpc) is 1.99. The molecule has 4 nitrogen and oxygen atoms in total. The number of nitrogens with one attached hydrogen (secondary N) is 1. The van der Waals surface area contributed by atoms with Crippen molar-refractivity contribution in [2.45, 2.75) is 25.3 Å². The van der Waals surface area contributed by atoms with E-state index in [0.29, 0.717) is 5.92 Å². The first kappa shape index (κ1) is 9.03. The van der Waals surface area contributed by atoms with Crippen LogP contribution in [0.25, 0.3) is 0 Å². The SMILES string of the molecule is COC(=O)NC(C=O)C1CCC1. The number of carbonyl (C=O) groups excluding carboxylic acids is 2. The Labute approximate surface area is 71.3 Å². The number of hydrogen-bond acceptors (Lipinski definition) is 3. The van der Waals surface area contributed by atoms with Crippen molar-refractivity contribution in [3.8, 4) is 0 Å². The van der Waals surface area contributed by atoms with Gasteiger partial charge in [-0.2, -0.15) is 0 Å². The van der Waals surface area contributed by atoms with Crippen molar-refractivity contribution in [2.24, 2.45) is 5.92 Å². The molecule has 1 unspecified atom stereocenters. The van der Waals surface area contributed by atoms with Crippen LogP contribution < -0.4 is 5.32 Å². The van der Waals surface area contributed by atoms with Crippen LogP contribution in [0.1, 0.15) is 19.3 Å². The molecule has 1 aliphatic rings. The number of methoxy groups -OCH3 is 1. The Hall–Kier alpha value is -1.06. The molecular weight excluding hydrogens is 158 g/mol. The number of amides is 1. The van der Waals surface area contributed by atoms with Crippen molar-refractivity contribution in [3.05, 3.63) is 0 Å². The van der Waals surface area contributed by atoms with Crippen LogP contribution in [0.15, 0.2) is 0 Å². The molecule has 0 aromatic heterocycles. The smallest absolute Gasteiger partial charge is 0.407 e. The molecule has 0 aromatic carbocycles. The van der Waals surface area contributed by atoms with Crippen LogP contribution in [0, 0.1) is 5.92 Å². The van der Waals surface area contributed by atoms with E-state index in [2.05, 4.69) is 10.1 Å². The van der Waals surface area contributed by atoms with E-state index in [1.165, 1.54) is 7.11 Å². The van der Waals surface area contributed by atoms with Gasteiger partial charge in [-0.1, -0.05) is 6.42 Å². The number of hydrogen-bond donors (Lipinski definition) is 1. The number of alkyl carbamates (subject to hydrolysis) is 1. The van der Waals surface area contributed by atoms with Crippen molar-refractivity contribution in [1.82, 2.24) is 5.32 Å². The summed E-state index contributed by atoms with van der Waals surface area (Å²) in [5.74, 6) is 0.321. The fraction of sp³-hybridized carbons (Fsp3) is 0.750. The lowest BCUT2D eigenvalue weighted by Crippen LogP contribution is -2.43. The van der Waals surface area contributed by atoms with Gasteiger partial charge < -0.3 is 14.8 Å². The minimum absolute atomic E-state index is 0.321. The van der Waals surface area contributed by atoms with Crippen LogP contribution in [0.5, 0.6) is 0 Å². The summed E-state index contributed by atoms with van der Waals surface area (Å²) in [6.07, 6.45) is 3.44. The summed E-state index contributed by atoms with van der Waals surface area (Å²) in [6, 6.07) is -0.355. The molecule has 12 heavy (non-hydrogen) atoms. The van der Waals surface area contributed by atoms with Gasteiger partial charge in [0.1, 0.15) is 6.29 Å². The van der Waals surface area contributed by atoms with E-state index in [1.807, 2.05) is 0 Å². The summed E-state index contributed by atoms with van der Waals surface area (Å²) in [5, 5.41) is 2.49. The molecule has 1 amide bonds. The van der Waals surface area contributed by atoms with Crippen molar-refractivity contribution >= 4 is 12.4 Å². The molecule has 68 valence electrons. The molecule has 0 saturated heterocycles. The topological polar surface area (TPSA) is 55.4 Å². The van der Waals surface area contributed by atoms with E-state index in [4.69, 9.17) is 0 Å². The lowest BCUT2D eigenvalue weighted by molar-refractivity contribution is -0.111. The summed E-state index contributed by atoms with van der Waals surface area (Å²) in [5.41, 5.74) is 0. The molecule has 0 aliphatic heterocycles. The van der Waals surface area contributed by atoms with Gasteiger partial charge in [0.05, 0.1) is 13.2 Å². The Morgan fingerprint density at radius 2 is 2.33 bits per heavy atom. The minimum Gasteiger partial charge on any atom is -0.453 e. The molecule has 1 fully saturated rings. The zero-order valence-electron chi connectivity index (χ0n) is 7.08. The summed E-state index contributed by atoms with van der Waals surface area (Å²) >= 11 is 0. The summed E-state index contributed by atoms with van der Waals surface area (Å²) < 4.78 is 4.39. The highest BCUT2D eigenvalue weighted by molar-refractivity contribution is 5.73. The molecule has 1 saturated carbocycles. The highest BCUT2D eigenvalue weighted by atomic mass is 16.5. The van der Waals surface area contributed by atoms with Crippen LogP contribution >= 0.6 is 0 Å². The summed E-state index contributed by atoms with van der Waals surface area (Å²) in [6.45, 7) is 0. The molecular formula is C8H13NO3. The van der Waals surface area contributed by atoms with Gasteiger partial charge in [-0.25, -0.2) is 4.79 Å². The van der Waals surface area contributed by atoms with Gasteiger partial charge in [-0.05, 0) is 18.8 Å². The molecule has 0 radical (unpaired) electrons. The molecule has 0 heterocycles. The Kier molecular flexibility index (Phi) is 3.08. The predicted octanol–water partition coefficient (Wildman–Crippen LogP) is 0.710. The van der Waals surface area contributed by atoms with Gasteiger partial charge in [-0.3, -0.25) is 0 Å². The normalized spacial score (nSPS) is 19.1. The molecule has 0 aromatic rings. The van der Waals surface area contributed by atoms with Crippen molar-refractivity contribution < 1.29 is 14.3 Å². The molecule has 1 aliphatic carbocycles. The first-order valence-corrected chi connectivity index (χ1v) is 4.07. The fourth-order valence-corrected chi connectivity index (χ4v) is 1.26. The highest BCUT2D eigenvalue weighted by Crippen LogP contribution is 2.28. The third kappa shape index (κ3) is 1.96. The van der Waals surface area contributed by atoms with Crippen LogP contribution in [-0.4, -0.2) is 25.5 Å². The third-order valence-corrected chi connectivity index (χ3v) is 2.27. The number of carbonyl (C=O) groups is 2. The average molecular weight is 171 g/mol. The van der Waals surface area contributed by atoms with Crippen LogP contribution in [0.2, 0.25) is 0 Å². The first-order valence-electron chi connectivity index (χ1n) is 4.07. The Bertz CT molecular complexity index is 177. The molecule has 1 atom stereocenters. The van der Waals surface area contributed by atoms with E-state index in [-0.39, 0.29) is 6.04 Å². The van der Waals surface area contributed by atoms with Crippen LogP contribution in [-0.2, 0) is 9.53 Å². The number of rotatable bonds is 3. The zero-order chi connectivity index (χ0) is 8.97. The molecule has 4 heteroatoms. The molecule has 1 rings (SSSR count). The summed E-state index contributed by atoms with van der Waals surface area (Å²) in [4.78, 5) is 21.3.